The summed E-state index contributed by atoms with van der Waals surface area (Å²) in [6.07, 6.45) is 7.80. The molecule has 1 aliphatic heterocycles. The molecule has 1 fully saturated rings. The molecule has 0 radical (unpaired) electrons. The Kier molecular flexibility index (Phi) is 6.98. The van der Waals surface area contributed by atoms with Gasteiger partial charge >= 0.3 is 0 Å². The van der Waals surface area contributed by atoms with Gasteiger partial charge in [-0.25, -0.2) is 4.98 Å². The maximum absolute atomic E-state index is 5.41. The van der Waals surface area contributed by atoms with Crippen LogP contribution in [0.3, 0.4) is 0 Å². The number of nitrogens with one attached hydrogen (secondary N) is 2. The van der Waals surface area contributed by atoms with E-state index in [4.69, 9.17) is 9.47 Å². The largest absolute Gasteiger partial charge is 0.493 e. The van der Waals surface area contributed by atoms with E-state index in [0.29, 0.717) is 6.04 Å². The van der Waals surface area contributed by atoms with Crippen molar-refractivity contribution in [3.05, 3.63) is 35.9 Å². The summed E-state index contributed by atoms with van der Waals surface area (Å²) < 4.78 is 10.7. The number of rotatable bonds is 9. The third-order valence-electron chi connectivity index (χ3n) is 5.10. The molecule has 0 spiro atoms. The number of aryl methyl sites for hydroxylation is 1. The van der Waals surface area contributed by atoms with Crippen molar-refractivity contribution >= 4 is 5.69 Å². The topological polar surface area (TPSA) is 62.4 Å². The van der Waals surface area contributed by atoms with E-state index in [0.717, 1.165) is 49.1 Å². The summed E-state index contributed by atoms with van der Waals surface area (Å²) in [4.78, 5) is 10.5. The zero-order chi connectivity index (χ0) is 19.1. The number of methoxy groups -OCH3 is 2. The van der Waals surface area contributed by atoms with Crippen LogP contribution in [0.5, 0.6) is 11.5 Å². The molecule has 1 aliphatic rings. The molecule has 1 aromatic carbocycles. The first-order valence-corrected chi connectivity index (χ1v) is 9.95. The Hall–Kier alpha value is -2.21. The monoisotopic (exact) mass is 372 g/mol. The number of benzene rings is 1. The van der Waals surface area contributed by atoms with Crippen molar-refractivity contribution in [2.24, 2.45) is 0 Å². The number of nitrogens with zero attached hydrogens (tertiary/aromatic N) is 2. The number of hydrogen-bond donors (Lipinski definition) is 2. The van der Waals surface area contributed by atoms with E-state index in [2.05, 4.69) is 33.2 Å². The first-order chi connectivity index (χ1) is 13.2. The summed E-state index contributed by atoms with van der Waals surface area (Å²) in [6, 6.07) is 6.44. The fraction of sp³-hybridized carbons (Fsp3) is 0.571. The Balaban J connectivity index is 1.55. The minimum atomic E-state index is 0.430. The predicted molar refractivity (Wildman–Crippen MR) is 109 cm³/mol. The van der Waals surface area contributed by atoms with Crippen LogP contribution in [0.15, 0.2) is 24.4 Å². The summed E-state index contributed by atoms with van der Waals surface area (Å²) in [6.45, 7) is 5.30. The fourth-order valence-electron chi connectivity index (χ4n) is 3.68. The van der Waals surface area contributed by atoms with Gasteiger partial charge in [-0.3, -0.25) is 4.90 Å². The van der Waals surface area contributed by atoms with Crippen LogP contribution >= 0.6 is 0 Å². The molecule has 2 N–H and O–H groups in total. The molecule has 2 aromatic rings. The number of likely N-dealkylation sites (tertiary alicyclic amines) is 1. The van der Waals surface area contributed by atoms with Crippen molar-refractivity contribution in [1.82, 2.24) is 14.9 Å². The highest BCUT2D eigenvalue weighted by Gasteiger charge is 2.21. The SMILES string of the molecule is CCCCc1ncc(CN2CCC[C@@H](Nc3ccc(OC)c(OC)c3)C2)[nH]1. The van der Waals surface area contributed by atoms with Crippen LogP contribution in [0, 0.1) is 0 Å². The molecule has 3 rings (SSSR count). The second-order valence-electron chi connectivity index (χ2n) is 7.25. The van der Waals surface area contributed by atoms with Gasteiger partial charge in [0.2, 0.25) is 0 Å². The number of imidazole rings is 1. The number of hydrogen-bond acceptors (Lipinski definition) is 5. The lowest BCUT2D eigenvalue weighted by Gasteiger charge is -2.33. The molecule has 1 saturated heterocycles. The van der Waals surface area contributed by atoms with E-state index in [1.54, 1.807) is 14.2 Å². The molecule has 27 heavy (non-hydrogen) atoms. The summed E-state index contributed by atoms with van der Waals surface area (Å²) in [5.74, 6) is 2.63. The standard InChI is InChI=1S/C21H32N4O2/c1-4-5-8-21-22-13-18(24-21)15-25-11-6-7-17(14-25)23-16-9-10-19(26-2)20(12-16)27-3/h9-10,12-13,17,23H,4-8,11,14-15H2,1-3H3,(H,22,24)/t17-/m1/s1. The zero-order valence-corrected chi connectivity index (χ0v) is 16.8. The molecular formula is C21H32N4O2. The molecule has 0 amide bonds. The van der Waals surface area contributed by atoms with Crippen LogP contribution in [0.4, 0.5) is 5.69 Å². The Bertz CT molecular complexity index is 716. The van der Waals surface area contributed by atoms with Crippen molar-refractivity contribution in [1.29, 1.82) is 0 Å². The predicted octanol–water partition coefficient (Wildman–Crippen LogP) is 3.85. The second kappa shape index (κ2) is 9.65. The van der Waals surface area contributed by atoms with Crippen LogP contribution in [0.2, 0.25) is 0 Å². The van der Waals surface area contributed by atoms with E-state index in [1.165, 1.54) is 31.4 Å². The first kappa shape index (κ1) is 19.5. The molecule has 0 saturated carbocycles. The summed E-state index contributed by atoms with van der Waals surface area (Å²) >= 11 is 0. The Morgan fingerprint density at radius 3 is 2.89 bits per heavy atom. The van der Waals surface area contributed by atoms with E-state index in [9.17, 15) is 0 Å². The van der Waals surface area contributed by atoms with E-state index >= 15 is 0 Å². The average molecular weight is 373 g/mol. The number of anilines is 1. The molecule has 0 unspecified atom stereocenters. The van der Waals surface area contributed by atoms with E-state index < -0.39 is 0 Å². The van der Waals surface area contributed by atoms with E-state index in [1.807, 2.05) is 18.3 Å². The lowest BCUT2D eigenvalue weighted by molar-refractivity contribution is 0.206. The van der Waals surface area contributed by atoms with Gasteiger partial charge in [-0.2, -0.15) is 0 Å². The number of piperidine rings is 1. The van der Waals surface area contributed by atoms with Gasteiger partial charge in [0.05, 0.1) is 14.2 Å². The third-order valence-corrected chi connectivity index (χ3v) is 5.10. The second-order valence-corrected chi connectivity index (χ2v) is 7.25. The minimum Gasteiger partial charge on any atom is -0.493 e. The Morgan fingerprint density at radius 1 is 1.26 bits per heavy atom. The van der Waals surface area contributed by atoms with Gasteiger partial charge in [0.15, 0.2) is 11.5 Å². The molecular weight excluding hydrogens is 340 g/mol. The number of aromatic nitrogens is 2. The van der Waals surface area contributed by atoms with Crippen molar-refractivity contribution in [3.63, 3.8) is 0 Å². The molecule has 0 bridgehead atoms. The number of unbranched alkanes of at least 4 members (excludes halogenated alkanes) is 1. The molecule has 1 aromatic heterocycles. The number of aromatic amines is 1. The Morgan fingerprint density at radius 2 is 2.11 bits per heavy atom. The molecule has 1 atom stereocenters. The molecule has 0 aliphatic carbocycles. The minimum absolute atomic E-state index is 0.430. The summed E-state index contributed by atoms with van der Waals surface area (Å²) in [5, 5.41) is 3.65. The van der Waals surface area contributed by atoms with Crippen molar-refractivity contribution < 1.29 is 9.47 Å². The lowest BCUT2D eigenvalue weighted by Crippen LogP contribution is -2.41. The van der Waals surface area contributed by atoms with Crippen LogP contribution in [0.1, 0.15) is 44.1 Å². The van der Waals surface area contributed by atoms with Crippen LogP contribution in [-0.2, 0) is 13.0 Å². The van der Waals surface area contributed by atoms with Gasteiger partial charge in [-0.15, -0.1) is 0 Å². The number of ether oxygens (including phenoxy) is 2. The maximum atomic E-state index is 5.41. The van der Waals surface area contributed by atoms with Crippen molar-refractivity contribution in [2.45, 2.75) is 51.6 Å². The van der Waals surface area contributed by atoms with Gasteiger partial charge in [0.1, 0.15) is 5.82 Å². The normalized spacial score (nSPS) is 17.7. The molecule has 2 heterocycles. The highest BCUT2D eigenvalue weighted by molar-refractivity contribution is 5.55. The van der Waals surface area contributed by atoms with E-state index in [-0.39, 0.29) is 0 Å². The molecule has 6 heteroatoms. The van der Waals surface area contributed by atoms with Gasteiger partial charge in [0, 0.05) is 49.2 Å². The molecule has 6 nitrogen and oxygen atoms in total. The van der Waals surface area contributed by atoms with Gasteiger partial charge in [-0.05, 0) is 37.9 Å². The van der Waals surface area contributed by atoms with Gasteiger partial charge in [0.25, 0.3) is 0 Å². The fourth-order valence-corrected chi connectivity index (χ4v) is 3.68. The van der Waals surface area contributed by atoms with Gasteiger partial charge < -0.3 is 19.8 Å². The first-order valence-electron chi connectivity index (χ1n) is 9.95. The third kappa shape index (κ3) is 5.39. The number of H-pyrrole nitrogens is 1. The molecule has 148 valence electrons. The Labute approximate surface area is 162 Å². The van der Waals surface area contributed by atoms with Crippen molar-refractivity contribution in [2.75, 3.05) is 32.6 Å². The summed E-state index contributed by atoms with van der Waals surface area (Å²) in [7, 11) is 3.33. The van der Waals surface area contributed by atoms with Crippen molar-refractivity contribution in [3.8, 4) is 11.5 Å². The summed E-state index contributed by atoms with van der Waals surface area (Å²) in [5.41, 5.74) is 2.29. The average Bonchev–Trinajstić information content (AvgIpc) is 3.13. The van der Waals surface area contributed by atoms with Gasteiger partial charge in [-0.1, -0.05) is 13.3 Å². The highest BCUT2D eigenvalue weighted by atomic mass is 16.5. The zero-order valence-electron chi connectivity index (χ0n) is 16.8. The van der Waals surface area contributed by atoms with Crippen LogP contribution in [-0.4, -0.2) is 48.2 Å². The lowest BCUT2D eigenvalue weighted by atomic mass is 10.0. The van der Waals surface area contributed by atoms with Crippen LogP contribution < -0.4 is 14.8 Å². The van der Waals surface area contributed by atoms with Crippen LogP contribution in [0.25, 0.3) is 0 Å². The highest BCUT2D eigenvalue weighted by Crippen LogP contribution is 2.30. The maximum Gasteiger partial charge on any atom is 0.162 e. The smallest absolute Gasteiger partial charge is 0.162 e. The quantitative estimate of drug-likeness (QED) is 0.700.